The fourth-order valence-electron chi connectivity index (χ4n) is 2.21. The van der Waals surface area contributed by atoms with Crippen LogP contribution in [0.1, 0.15) is 24.5 Å². The van der Waals surface area contributed by atoms with Crippen LogP contribution in [0.5, 0.6) is 5.75 Å². The third kappa shape index (κ3) is 4.89. The first kappa shape index (κ1) is 19.1. The SMILES string of the molecule is CC[C@H](Oc1ccccc1C)C(=O)Nc1ccc(Cl)c(C(F)(F)F)c1. The molecule has 0 saturated heterocycles. The van der Waals surface area contributed by atoms with Crippen LogP contribution in [0.3, 0.4) is 0 Å². The first-order chi connectivity index (χ1) is 11.7. The predicted molar refractivity (Wildman–Crippen MR) is 91.0 cm³/mol. The molecule has 2 aromatic rings. The highest BCUT2D eigenvalue weighted by Gasteiger charge is 2.33. The zero-order valence-corrected chi connectivity index (χ0v) is 14.4. The maximum absolute atomic E-state index is 12.9. The number of aryl methyl sites for hydroxylation is 1. The predicted octanol–water partition coefficient (Wildman–Crippen LogP) is 5.46. The van der Waals surface area contributed by atoms with E-state index in [-0.39, 0.29) is 5.69 Å². The molecule has 0 unspecified atom stereocenters. The molecule has 0 bridgehead atoms. The van der Waals surface area contributed by atoms with Gasteiger partial charge in [0.25, 0.3) is 5.91 Å². The molecule has 0 spiro atoms. The number of amides is 1. The summed E-state index contributed by atoms with van der Waals surface area (Å²) < 4.78 is 44.4. The molecule has 1 atom stereocenters. The van der Waals surface area contributed by atoms with E-state index in [0.717, 1.165) is 17.7 Å². The van der Waals surface area contributed by atoms with Crippen molar-refractivity contribution in [3.05, 3.63) is 58.6 Å². The monoisotopic (exact) mass is 371 g/mol. The minimum Gasteiger partial charge on any atom is -0.480 e. The molecule has 2 aromatic carbocycles. The Bertz CT molecular complexity index is 762. The van der Waals surface area contributed by atoms with Crippen LogP contribution in [0.25, 0.3) is 0 Å². The van der Waals surface area contributed by atoms with Crippen LogP contribution in [-0.4, -0.2) is 12.0 Å². The number of para-hydroxylation sites is 1. The standard InChI is InChI=1S/C18H17ClF3NO2/c1-3-15(25-16-7-5-4-6-11(16)2)17(24)23-12-8-9-14(19)13(10-12)18(20,21)22/h4-10,15H,3H2,1-2H3,(H,23,24)/t15-/m0/s1. The average Bonchev–Trinajstić information content (AvgIpc) is 2.54. The highest BCUT2D eigenvalue weighted by atomic mass is 35.5. The third-order valence-electron chi connectivity index (χ3n) is 3.57. The number of rotatable bonds is 5. The summed E-state index contributed by atoms with van der Waals surface area (Å²) in [5.74, 6) is 0.0257. The van der Waals surface area contributed by atoms with Crippen molar-refractivity contribution in [3.63, 3.8) is 0 Å². The molecule has 0 saturated carbocycles. The molecule has 3 nitrogen and oxygen atoms in total. The number of ether oxygens (including phenoxy) is 1. The zero-order valence-electron chi connectivity index (χ0n) is 13.7. The van der Waals surface area contributed by atoms with E-state index >= 15 is 0 Å². The summed E-state index contributed by atoms with van der Waals surface area (Å²) in [6.45, 7) is 3.60. The maximum atomic E-state index is 12.9. The first-order valence-electron chi connectivity index (χ1n) is 7.62. The van der Waals surface area contributed by atoms with Gasteiger partial charge in [0.15, 0.2) is 6.10 Å². The van der Waals surface area contributed by atoms with Gasteiger partial charge in [-0.1, -0.05) is 36.7 Å². The largest absolute Gasteiger partial charge is 0.480 e. The van der Waals surface area contributed by atoms with Crippen LogP contribution >= 0.6 is 11.6 Å². The van der Waals surface area contributed by atoms with Crippen molar-refractivity contribution in [2.24, 2.45) is 0 Å². The Morgan fingerprint density at radius 2 is 1.92 bits per heavy atom. The topological polar surface area (TPSA) is 38.3 Å². The molecule has 1 N–H and O–H groups in total. The molecule has 1 amide bonds. The van der Waals surface area contributed by atoms with E-state index in [0.29, 0.717) is 12.2 Å². The Morgan fingerprint density at radius 1 is 1.24 bits per heavy atom. The van der Waals surface area contributed by atoms with Crippen molar-refractivity contribution in [2.75, 3.05) is 5.32 Å². The van der Waals surface area contributed by atoms with Crippen molar-refractivity contribution in [3.8, 4) is 5.75 Å². The van der Waals surface area contributed by atoms with Crippen LogP contribution in [0.2, 0.25) is 5.02 Å². The lowest BCUT2D eigenvalue weighted by atomic mass is 10.1. The molecule has 134 valence electrons. The van der Waals surface area contributed by atoms with E-state index < -0.39 is 28.8 Å². The summed E-state index contributed by atoms with van der Waals surface area (Å²) in [5.41, 5.74) is -0.131. The van der Waals surface area contributed by atoms with Gasteiger partial charge in [0.1, 0.15) is 5.75 Å². The zero-order chi connectivity index (χ0) is 18.6. The Morgan fingerprint density at radius 3 is 2.52 bits per heavy atom. The number of anilines is 1. The summed E-state index contributed by atoms with van der Waals surface area (Å²) in [7, 11) is 0. The highest BCUT2D eigenvalue weighted by molar-refractivity contribution is 6.31. The van der Waals surface area contributed by atoms with E-state index in [4.69, 9.17) is 16.3 Å². The fourth-order valence-corrected chi connectivity index (χ4v) is 2.43. The lowest BCUT2D eigenvalue weighted by molar-refractivity contribution is -0.137. The average molecular weight is 372 g/mol. The summed E-state index contributed by atoms with van der Waals surface area (Å²) in [6.07, 6.45) is -5.06. The van der Waals surface area contributed by atoms with E-state index in [1.807, 2.05) is 19.1 Å². The Hall–Kier alpha value is -2.21. The highest BCUT2D eigenvalue weighted by Crippen LogP contribution is 2.36. The van der Waals surface area contributed by atoms with Crippen molar-refractivity contribution in [1.82, 2.24) is 0 Å². The van der Waals surface area contributed by atoms with Crippen LogP contribution in [0.4, 0.5) is 18.9 Å². The third-order valence-corrected chi connectivity index (χ3v) is 3.89. The first-order valence-corrected chi connectivity index (χ1v) is 8.00. The maximum Gasteiger partial charge on any atom is 0.417 e. The molecule has 0 heterocycles. The number of carbonyl (C=O) groups is 1. The second kappa shape index (κ2) is 7.78. The number of benzene rings is 2. The lowest BCUT2D eigenvalue weighted by Crippen LogP contribution is -2.32. The normalized spacial score (nSPS) is 12.6. The van der Waals surface area contributed by atoms with Gasteiger partial charge >= 0.3 is 6.18 Å². The smallest absolute Gasteiger partial charge is 0.417 e. The van der Waals surface area contributed by atoms with Crippen LogP contribution in [0, 0.1) is 6.92 Å². The van der Waals surface area contributed by atoms with Gasteiger partial charge in [0.2, 0.25) is 0 Å². The summed E-state index contributed by atoms with van der Waals surface area (Å²) in [5, 5.41) is 2.03. The summed E-state index contributed by atoms with van der Waals surface area (Å²) in [6, 6.07) is 10.4. The number of hydrogen-bond donors (Lipinski definition) is 1. The molecular formula is C18H17ClF3NO2. The number of nitrogens with one attached hydrogen (secondary N) is 1. The lowest BCUT2D eigenvalue weighted by Gasteiger charge is -2.19. The second-order valence-electron chi connectivity index (χ2n) is 5.46. The van der Waals surface area contributed by atoms with Crippen molar-refractivity contribution >= 4 is 23.2 Å². The molecule has 0 fully saturated rings. The van der Waals surface area contributed by atoms with Crippen molar-refractivity contribution in [1.29, 1.82) is 0 Å². The van der Waals surface area contributed by atoms with Gasteiger partial charge in [-0.05, 0) is 43.2 Å². The number of hydrogen-bond acceptors (Lipinski definition) is 2. The van der Waals surface area contributed by atoms with E-state index in [9.17, 15) is 18.0 Å². The van der Waals surface area contributed by atoms with Gasteiger partial charge in [-0.2, -0.15) is 13.2 Å². The number of halogens is 4. The molecule has 7 heteroatoms. The molecule has 0 aliphatic rings. The van der Waals surface area contributed by atoms with Crippen molar-refractivity contribution in [2.45, 2.75) is 32.5 Å². The van der Waals surface area contributed by atoms with Gasteiger partial charge < -0.3 is 10.1 Å². The Labute approximate surface area is 148 Å². The molecular weight excluding hydrogens is 355 g/mol. The van der Waals surface area contributed by atoms with Crippen LogP contribution in [0.15, 0.2) is 42.5 Å². The molecule has 0 aromatic heterocycles. The van der Waals surface area contributed by atoms with E-state index in [1.54, 1.807) is 19.1 Å². The van der Waals surface area contributed by atoms with Crippen molar-refractivity contribution < 1.29 is 22.7 Å². The van der Waals surface area contributed by atoms with Gasteiger partial charge in [-0.25, -0.2) is 0 Å². The molecule has 0 aliphatic heterocycles. The Balaban J connectivity index is 2.16. The minimum atomic E-state index is -4.60. The summed E-state index contributed by atoms with van der Waals surface area (Å²) in [4.78, 5) is 12.4. The van der Waals surface area contributed by atoms with Gasteiger partial charge in [-0.3, -0.25) is 4.79 Å². The van der Waals surface area contributed by atoms with Gasteiger partial charge in [0.05, 0.1) is 10.6 Å². The number of carbonyl (C=O) groups excluding carboxylic acids is 1. The molecule has 0 radical (unpaired) electrons. The van der Waals surface area contributed by atoms with Crippen LogP contribution in [-0.2, 0) is 11.0 Å². The quantitative estimate of drug-likeness (QED) is 0.757. The molecule has 2 rings (SSSR count). The van der Waals surface area contributed by atoms with Gasteiger partial charge in [0, 0.05) is 5.69 Å². The fraction of sp³-hybridized carbons (Fsp3) is 0.278. The van der Waals surface area contributed by atoms with E-state index in [1.165, 1.54) is 6.07 Å². The second-order valence-corrected chi connectivity index (χ2v) is 5.87. The Kier molecular flexibility index (Phi) is 5.95. The minimum absolute atomic E-state index is 0.00792. The van der Waals surface area contributed by atoms with Crippen LogP contribution < -0.4 is 10.1 Å². The number of alkyl halides is 3. The molecule has 25 heavy (non-hydrogen) atoms. The van der Waals surface area contributed by atoms with Gasteiger partial charge in [-0.15, -0.1) is 0 Å². The summed E-state index contributed by atoms with van der Waals surface area (Å²) >= 11 is 5.57. The van der Waals surface area contributed by atoms with E-state index in [2.05, 4.69) is 5.32 Å². The molecule has 0 aliphatic carbocycles.